The van der Waals surface area contributed by atoms with Gasteiger partial charge in [-0.05, 0) is 12.8 Å². The van der Waals surface area contributed by atoms with Crippen molar-refractivity contribution in [2.75, 3.05) is 13.7 Å². The molecule has 0 aromatic heterocycles. The van der Waals surface area contributed by atoms with Crippen LogP contribution in [-0.2, 0) is 4.84 Å². The molecule has 1 fully saturated rings. The molecule has 0 heterocycles. The van der Waals surface area contributed by atoms with Crippen LogP contribution in [0.2, 0.25) is 0 Å². The van der Waals surface area contributed by atoms with Crippen LogP contribution < -0.4 is 5.48 Å². The maximum atomic E-state index is 9.68. The Hall–Kier alpha value is -0.120. The number of hydrogen-bond donors (Lipinski definition) is 2. The molecule has 2 N–H and O–H groups in total. The van der Waals surface area contributed by atoms with E-state index in [1.807, 2.05) is 0 Å². The lowest BCUT2D eigenvalue weighted by atomic mass is 10.0. The predicted molar refractivity (Wildman–Crippen MR) is 38.4 cm³/mol. The molecule has 1 saturated carbocycles. The summed E-state index contributed by atoms with van der Waals surface area (Å²) >= 11 is 0. The topological polar surface area (TPSA) is 41.5 Å². The first-order chi connectivity index (χ1) is 4.77. The predicted octanol–water partition coefficient (Wildman–Crippen LogP) is 0.442. The Morgan fingerprint density at radius 1 is 1.50 bits per heavy atom. The molecule has 0 atom stereocenters. The van der Waals surface area contributed by atoms with E-state index >= 15 is 0 Å². The Labute approximate surface area is 61.3 Å². The molecule has 3 heteroatoms. The van der Waals surface area contributed by atoms with E-state index < -0.39 is 5.60 Å². The summed E-state index contributed by atoms with van der Waals surface area (Å²) in [5, 5.41) is 9.68. The van der Waals surface area contributed by atoms with E-state index in [1.165, 1.54) is 0 Å². The highest BCUT2D eigenvalue weighted by molar-refractivity contribution is 4.84. The fraction of sp³-hybridized carbons (Fsp3) is 1.00. The number of hydrogen-bond acceptors (Lipinski definition) is 3. The van der Waals surface area contributed by atoms with Gasteiger partial charge in [0.15, 0.2) is 0 Å². The van der Waals surface area contributed by atoms with Crippen LogP contribution in [-0.4, -0.2) is 24.4 Å². The highest BCUT2D eigenvalue weighted by Gasteiger charge is 2.30. The van der Waals surface area contributed by atoms with Crippen LogP contribution in [0.1, 0.15) is 25.7 Å². The Kier molecular flexibility index (Phi) is 2.65. The van der Waals surface area contributed by atoms with Gasteiger partial charge >= 0.3 is 0 Å². The second-order valence-electron chi connectivity index (χ2n) is 2.96. The Bertz CT molecular complexity index is 99.8. The number of hydroxylamine groups is 1. The molecule has 0 amide bonds. The van der Waals surface area contributed by atoms with Crippen LogP contribution >= 0.6 is 0 Å². The van der Waals surface area contributed by atoms with E-state index in [0.29, 0.717) is 6.54 Å². The van der Waals surface area contributed by atoms with Gasteiger partial charge in [0.1, 0.15) is 0 Å². The Balaban J connectivity index is 2.22. The minimum atomic E-state index is -0.490. The summed E-state index contributed by atoms with van der Waals surface area (Å²) in [6.07, 6.45) is 4.09. The van der Waals surface area contributed by atoms with E-state index in [2.05, 4.69) is 10.3 Å². The van der Waals surface area contributed by atoms with Crippen molar-refractivity contribution in [3.8, 4) is 0 Å². The van der Waals surface area contributed by atoms with Gasteiger partial charge in [0, 0.05) is 6.54 Å². The SMILES string of the molecule is CONCC1(O)CCCC1. The molecule has 0 spiro atoms. The van der Waals surface area contributed by atoms with E-state index in [9.17, 15) is 5.11 Å². The molecule has 0 saturated heterocycles. The molecule has 0 aromatic carbocycles. The Morgan fingerprint density at radius 3 is 2.60 bits per heavy atom. The molecular weight excluding hydrogens is 130 g/mol. The minimum Gasteiger partial charge on any atom is -0.388 e. The van der Waals surface area contributed by atoms with Gasteiger partial charge in [0.25, 0.3) is 0 Å². The summed E-state index contributed by atoms with van der Waals surface area (Å²) in [5.41, 5.74) is 2.19. The largest absolute Gasteiger partial charge is 0.388 e. The van der Waals surface area contributed by atoms with Gasteiger partial charge in [-0.2, -0.15) is 0 Å². The fourth-order valence-corrected chi connectivity index (χ4v) is 1.42. The van der Waals surface area contributed by atoms with Crippen molar-refractivity contribution >= 4 is 0 Å². The molecule has 0 aliphatic heterocycles. The average molecular weight is 145 g/mol. The quantitative estimate of drug-likeness (QED) is 0.566. The summed E-state index contributed by atoms with van der Waals surface area (Å²) < 4.78 is 0. The van der Waals surface area contributed by atoms with Gasteiger partial charge in [0.2, 0.25) is 0 Å². The zero-order valence-corrected chi connectivity index (χ0v) is 6.39. The van der Waals surface area contributed by atoms with Crippen molar-refractivity contribution in [1.82, 2.24) is 5.48 Å². The minimum absolute atomic E-state index is 0.490. The van der Waals surface area contributed by atoms with Crippen molar-refractivity contribution in [2.24, 2.45) is 0 Å². The molecule has 0 aromatic rings. The highest BCUT2D eigenvalue weighted by Crippen LogP contribution is 2.28. The third-order valence-corrected chi connectivity index (χ3v) is 2.08. The lowest BCUT2D eigenvalue weighted by Gasteiger charge is -2.21. The average Bonchev–Trinajstić information content (AvgIpc) is 2.33. The van der Waals surface area contributed by atoms with Gasteiger partial charge in [-0.25, -0.2) is 5.48 Å². The first-order valence-corrected chi connectivity index (χ1v) is 3.75. The van der Waals surface area contributed by atoms with Crippen molar-refractivity contribution in [3.05, 3.63) is 0 Å². The van der Waals surface area contributed by atoms with E-state index in [1.54, 1.807) is 7.11 Å². The maximum Gasteiger partial charge on any atom is 0.0794 e. The van der Waals surface area contributed by atoms with Crippen LogP contribution in [0, 0.1) is 0 Å². The summed E-state index contributed by atoms with van der Waals surface area (Å²) in [6.45, 7) is 0.559. The number of nitrogens with one attached hydrogen (secondary N) is 1. The molecule has 3 nitrogen and oxygen atoms in total. The lowest BCUT2D eigenvalue weighted by Crippen LogP contribution is -2.37. The Morgan fingerprint density at radius 2 is 2.10 bits per heavy atom. The highest BCUT2D eigenvalue weighted by atomic mass is 16.6. The molecule has 0 unspecified atom stereocenters. The lowest BCUT2D eigenvalue weighted by molar-refractivity contribution is -0.00971. The third-order valence-electron chi connectivity index (χ3n) is 2.08. The van der Waals surface area contributed by atoms with E-state index in [0.717, 1.165) is 25.7 Å². The van der Waals surface area contributed by atoms with Crippen LogP contribution in [0.15, 0.2) is 0 Å². The van der Waals surface area contributed by atoms with Gasteiger partial charge in [-0.3, -0.25) is 0 Å². The number of aliphatic hydroxyl groups is 1. The fourth-order valence-electron chi connectivity index (χ4n) is 1.42. The van der Waals surface area contributed by atoms with E-state index in [-0.39, 0.29) is 0 Å². The van der Waals surface area contributed by atoms with Gasteiger partial charge in [-0.1, -0.05) is 12.8 Å². The van der Waals surface area contributed by atoms with Crippen LogP contribution in [0.3, 0.4) is 0 Å². The van der Waals surface area contributed by atoms with Gasteiger partial charge < -0.3 is 9.94 Å². The van der Waals surface area contributed by atoms with Gasteiger partial charge in [-0.15, -0.1) is 0 Å². The molecule has 1 aliphatic rings. The first kappa shape index (κ1) is 7.98. The summed E-state index contributed by atoms with van der Waals surface area (Å²) in [4.78, 5) is 4.66. The number of rotatable bonds is 3. The normalized spacial score (nSPS) is 23.4. The van der Waals surface area contributed by atoms with Crippen LogP contribution in [0.4, 0.5) is 0 Å². The molecule has 0 radical (unpaired) electrons. The van der Waals surface area contributed by atoms with Crippen molar-refractivity contribution < 1.29 is 9.94 Å². The first-order valence-electron chi connectivity index (χ1n) is 3.75. The standard InChI is InChI=1S/C7H15NO2/c1-10-8-6-7(9)4-2-3-5-7/h8-9H,2-6H2,1H3. The van der Waals surface area contributed by atoms with Crippen LogP contribution in [0.25, 0.3) is 0 Å². The maximum absolute atomic E-state index is 9.68. The summed E-state index contributed by atoms with van der Waals surface area (Å²) in [5.74, 6) is 0. The second-order valence-corrected chi connectivity index (χ2v) is 2.96. The van der Waals surface area contributed by atoms with E-state index in [4.69, 9.17) is 0 Å². The summed E-state index contributed by atoms with van der Waals surface area (Å²) in [6, 6.07) is 0. The molecule has 0 bridgehead atoms. The monoisotopic (exact) mass is 145 g/mol. The molecule has 10 heavy (non-hydrogen) atoms. The second kappa shape index (κ2) is 3.32. The van der Waals surface area contributed by atoms with Gasteiger partial charge in [0.05, 0.1) is 12.7 Å². The molecule has 60 valence electrons. The van der Waals surface area contributed by atoms with Crippen molar-refractivity contribution in [1.29, 1.82) is 0 Å². The molecular formula is C7H15NO2. The van der Waals surface area contributed by atoms with Crippen molar-refractivity contribution in [2.45, 2.75) is 31.3 Å². The molecule has 1 rings (SSSR count). The zero-order valence-electron chi connectivity index (χ0n) is 6.39. The third kappa shape index (κ3) is 1.94. The van der Waals surface area contributed by atoms with Crippen molar-refractivity contribution in [3.63, 3.8) is 0 Å². The molecule has 1 aliphatic carbocycles. The van der Waals surface area contributed by atoms with Crippen LogP contribution in [0.5, 0.6) is 0 Å². The summed E-state index contributed by atoms with van der Waals surface area (Å²) in [7, 11) is 1.57. The zero-order chi connectivity index (χ0) is 7.45. The smallest absolute Gasteiger partial charge is 0.0794 e.